The van der Waals surface area contributed by atoms with Crippen LogP contribution in [0, 0.1) is 5.41 Å². The number of hydrogen-bond acceptors (Lipinski definition) is 4. The maximum absolute atomic E-state index is 12.3. The average molecular weight is 389 g/mol. The van der Waals surface area contributed by atoms with Crippen LogP contribution >= 0.6 is 24.8 Å². The second-order valence-electron chi connectivity index (χ2n) is 6.33. The van der Waals surface area contributed by atoms with Gasteiger partial charge in [0.2, 0.25) is 5.91 Å². The molecule has 0 saturated carbocycles. The summed E-state index contributed by atoms with van der Waals surface area (Å²) < 4.78 is 7.31. The van der Waals surface area contributed by atoms with Gasteiger partial charge in [0, 0.05) is 31.5 Å². The summed E-state index contributed by atoms with van der Waals surface area (Å²) >= 11 is 0. The Balaban J connectivity index is 0.00000156. The molecule has 0 bridgehead atoms. The van der Waals surface area contributed by atoms with Gasteiger partial charge >= 0.3 is 0 Å². The first-order valence-corrected chi connectivity index (χ1v) is 8.10. The molecule has 0 unspecified atom stereocenters. The molecule has 2 aromatic heterocycles. The summed E-state index contributed by atoms with van der Waals surface area (Å²) in [5.41, 5.74) is 1.71. The fourth-order valence-electron chi connectivity index (χ4n) is 3.22. The number of imidazole rings is 1. The lowest BCUT2D eigenvalue weighted by molar-refractivity contribution is -0.121. The second kappa shape index (κ2) is 9.97. The molecule has 1 aliphatic rings. The molecule has 1 saturated heterocycles. The zero-order valence-corrected chi connectivity index (χ0v) is 16.0. The number of aromatic nitrogens is 2. The summed E-state index contributed by atoms with van der Waals surface area (Å²) in [5, 5.41) is 6.43. The summed E-state index contributed by atoms with van der Waals surface area (Å²) in [7, 11) is 1.72. The molecule has 6 nitrogen and oxygen atoms in total. The van der Waals surface area contributed by atoms with E-state index in [1.807, 2.05) is 35.0 Å². The minimum absolute atomic E-state index is 0. The first-order valence-electron chi connectivity index (χ1n) is 8.10. The van der Waals surface area contributed by atoms with Crippen LogP contribution in [0.15, 0.2) is 30.6 Å². The number of carbonyl (C=O) groups excluding carboxylic acids is 1. The Hall–Kier alpha value is -1.34. The normalized spacial score (nSPS) is 15.9. The zero-order valence-electron chi connectivity index (χ0n) is 14.4. The van der Waals surface area contributed by atoms with Gasteiger partial charge in [-0.05, 0) is 38.1 Å². The summed E-state index contributed by atoms with van der Waals surface area (Å²) in [5.74, 6) is 0.0161. The Bertz CT molecular complexity index is 633. The molecule has 25 heavy (non-hydrogen) atoms. The molecule has 1 amide bonds. The van der Waals surface area contributed by atoms with Gasteiger partial charge in [-0.1, -0.05) is 6.07 Å². The van der Waals surface area contributed by atoms with Crippen LogP contribution in [0.3, 0.4) is 0 Å². The maximum Gasteiger partial charge on any atom is 0.226 e. The van der Waals surface area contributed by atoms with Crippen molar-refractivity contribution in [2.45, 2.75) is 19.3 Å². The predicted octanol–water partition coefficient (Wildman–Crippen LogP) is 1.85. The standard InChI is InChI=1S/C17H24N4O2.2ClH/c1-23-13-17(5-7-18-8-6-17)12-19-16(22)10-14-11-21-9-3-2-4-15(21)20-14;;/h2-4,9,11,18H,5-8,10,12-13H2,1H3,(H,19,22);2*1H. The van der Waals surface area contributed by atoms with Crippen molar-refractivity contribution in [3.63, 3.8) is 0 Å². The number of fused-ring (bicyclic) bond motifs is 1. The molecule has 140 valence electrons. The monoisotopic (exact) mass is 388 g/mol. The SMILES string of the molecule is COCC1(CNC(=O)Cc2cn3ccccc3n2)CCNCC1.Cl.Cl. The van der Waals surface area contributed by atoms with E-state index < -0.39 is 0 Å². The van der Waals surface area contributed by atoms with Gasteiger partial charge < -0.3 is 19.8 Å². The smallest absolute Gasteiger partial charge is 0.226 e. The number of amides is 1. The van der Waals surface area contributed by atoms with Gasteiger partial charge in [-0.2, -0.15) is 0 Å². The van der Waals surface area contributed by atoms with E-state index in [1.54, 1.807) is 7.11 Å². The van der Waals surface area contributed by atoms with Gasteiger partial charge in [0.15, 0.2) is 0 Å². The first kappa shape index (κ1) is 21.7. The lowest BCUT2D eigenvalue weighted by Gasteiger charge is -2.37. The molecule has 8 heteroatoms. The van der Waals surface area contributed by atoms with E-state index in [2.05, 4.69) is 15.6 Å². The quantitative estimate of drug-likeness (QED) is 0.792. The number of rotatable bonds is 6. The average Bonchev–Trinajstić information content (AvgIpc) is 2.96. The molecule has 1 aliphatic heterocycles. The lowest BCUT2D eigenvalue weighted by atomic mass is 9.79. The van der Waals surface area contributed by atoms with Crippen LogP contribution in [-0.2, 0) is 16.0 Å². The summed E-state index contributed by atoms with van der Waals surface area (Å²) in [6.07, 6.45) is 6.20. The Morgan fingerprint density at radius 3 is 2.80 bits per heavy atom. The molecule has 0 aliphatic carbocycles. The van der Waals surface area contributed by atoms with Crippen molar-refractivity contribution in [1.82, 2.24) is 20.0 Å². The number of pyridine rings is 1. The van der Waals surface area contributed by atoms with Crippen LogP contribution < -0.4 is 10.6 Å². The number of halogens is 2. The third kappa shape index (κ3) is 5.57. The van der Waals surface area contributed by atoms with E-state index in [1.165, 1.54) is 0 Å². The van der Waals surface area contributed by atoms with E-state index in [-0.39, 0.29) is 36.1 Å². The van der Waals surface area contributed by atoms with E-state index in [0.29, 0.717) is 19.6 Å². The topological polar surface area (TPSA) is 67.7 Å². The summed E-state index contributed by atoms with van der Waals surface area (Å²) in [4.78, 5) is 16.7. The van der Waals surface area contributed by atoms with Crippen molar-refractivity contribution in [3.05, 3.63) is 36.3 Å². The van der Waals surface area contributed by atoms with Crippen LogP contribution in [0.4, 0.5) is 0 Å². The molecule has 1 fully saturated rings. The third-order valence-electron chi connectivity index (χ3n) is 4.53. The molecule has 3 rings (SSSR count). The van der Waals surface area contributed by atoms with E-state index >= 15 is 0 Å². The number of nitrogens with one attached hydrogen (secondary N) is 2. The van der Waals surface area contributed by atoms with Crippen molar-refractivity contribution in [3.8, 4) is 0 Å². The first-order chi connectivity index (χ1) is 11.2. The number of hydrogen-bond donors (Lipinski definition) is 2. The van der Waals surface area contributed by atoms with Crippen LogP contribution in [0.1, 0.15) is 18.5 Å². The Morgan fingerprint density at radius 2 is 2.12 bits per heavy atom. The van der Waals surface area contributed by atoms with Gasteiger partial charge in [0.25, 0.3) is 0 Å². The van der Waals surface area contributed by atoms with Crippen molar-refractivity contribution >= 4 is 36.4 Å². The number of nitrogens with zero attached hydrogens (tertiary/aromatic N) is 2. The van der Waals surface area contributed by atoms with Crippen molar-refractivity contribution in [2.75, 3.05) is 33.4 Å². The third-order valence-corrected chi connectivity index (χ3v) is 4.53. The molecular weight excluding hydrogens is 363 g/mol. The van der Waals surface area contributed by atoms with Crippen molar-refractivity contribution < 1.29 is 9.53 Å². The highest BCUT2D eigenvalue weighted by Gasteiger charge is 2.32. The van der Waals surface area contributed by atoms with E-state index in [9.17, 15) is 4.79 Å². The van der Waals surface area contributed by atoms with Crippen molar-refractivity contribution in [2.24, 2.45) is 5.41 Å². The summed E-state index contributed by atoms with van der Waals surface area (Å²) in [6.45, 7) is 3.30. The second-order valence-corrected chi connectivity index (χ2v) is 6.33. The highest BCUT2D eigenvalue weighted by Crippen LogP contribution is 2.28. The Morgan fingerprint density at radius 1 is 1.36 bits per heavy atom. The lowest BCUT2D eigenvalue weighted by Crippen LogP contribution is -2.47. The van der Waals surface area contributed by atoms with Gasteiger partial charge in [0.1, 0.15) is 5.65 Å². The van der Waals surface area contributed by atoms with Crippen LogP contribution in [0.25, 0.3) is 5.65 Å². The van der Waals surface area contributed by atoms with Crippen LogP contribution in [0.5, 0.6) is 0 Å². The minimum atomic E-state index is 0. The van der Waals surface area contributed by atoms with Gasteiger partial charge in [-0.3, -0.25) is 4.79 Å². The number of ether oxygens (including phenoxy) is 1. The molecule has 2 N–H and O–H groups in total. The fraction of sp³-hybridized carbons (Fsp3) is 0.529. The Kier molecular flexibility index (Phi) is 8.65. The van der Waals surface area contributed by atoms with Gasteiger partial charge in [0.05, 0.1) is 18.7 Å². The van der Waals surface area contributed by atoms with E-state index in [4.69, 9.17) is 4.74 Å². The van der Waals surface area contributed by atoms with Crippen LogP contribution in [0.2, 0.25) is 0 Å². The van der Waals surface area contributed by atoms with Gasteiger partial charge in [-0.25, -0.2) is 4.98 Å². The van der Waals surface area contributed by atoms with Crippen LogP contribution in [-0.4, -0.2) is 48.6 Å². The van der Waals surface area contributed by atoms with E-state index in [0.717, 1.165) is 37.3 Å². The largest absolute Gasteiger partial charge is 0.384 e. The number of methoxy groups -OCH3 is 1. The number of piperidine rings is 1. The predicted molar refractivity (Wildman–Crippen MR) is 103 cm³/mol. The zero-order chi connectivity index (χ0) is 16.1. The molecule has 0 aromatic carbocycles. The highest BCUT2D eigenvalue weighted by molar-refractivity contribution is 5.85. The number of carbonyl (C=O) groups is 1. The Labute approximate surface area is 160 Å². The highest BCUT2D eigenvalue weighted by atomic mass is 35.5. The minimum Gasteiger partial charge on any atom is -0.384 e. The fourth-order valence-corrected chi connectivity index (χ4v) is 3.22. The summed E-state index contributed by atoms with van der Waals surface area (Å²) in [6, 6.07) is 5.83. The van der Waals surface area contributed by atoms with Gasteiger partial charge in [-0.15, -0.1) is 24.8 Å². The maximum atomic E-state index is 12.3. The molecular formula is C17H26Cl2N4O2. The molecule has 3 heterocycles. The van der Waals surface area contributed by atoms with Crippen molar-refractivity contribution in [1.29, 1.82) is 0 Å². The molecule has 2 aromatic rings. The molecule has 0 radical (unpaired) electrons. The molecule has 0 atom stereocenters. The molecule has 0 spiro atoms.